The first kappa shape index (κ1) is 33.2. The number of quaternary nitrogens is 1. The van der Waals surface area contributed by atoms with Gasteiger partial charge < -0.3 is 19.8 Å². The Labute approximate surface area is 285 Å². The molecule has 0 radical (unpaired) electrons. The average Bonchev–Trinajstić information content (AvgIpc) is 3.67. The lowest BCUT2D eigenvalue weighted by atomic mass is 9.96. The van der Waals surface area contributed by atoms with Crippen LogP contribution in [0.5, 0.6) is 5.75 Å². The molecule has 5 aromatic rings. The Morgan fingerprint density at radius 2 is 1.45 bits per heavy atom. The number of rotatable bonds is 14. The number of carbonyl (C=O) groups excluding carboxylic acids is 3. The van der Waals surface area contributed by atoms with E-state index >= 15 is 0 Å². The summed E-state index contributed by atoms with van der Waals surface area (Å²) in [5, 5.41) is 4.44. The summed E-state index contributed by atoms with van der Waals surface area (Å²) in [6, 6.07) is 34.8. The van der Waals surface area contributed by atoms with Crippen LogP contribution in [-0.4, -0.2) is 63.2 Å². The second-order valence-corrected chi connectivity index (χ2v) is 12.2. The van der Waals surface area contributed by atoms with Gasteiger partial charge in [0.2, 0.25) is 12.1 Å². The minimum Gasteiger partial charge on any atom is -0.489 e. The van der Waals surface area contributed by atoms with E-state index in [1.54, 1.807) is 13.2 Å². The molecule has 10 nitrogen and oxygen atoms in total. The molecule has 2 heterocycles. The number of aromatic amines is 1. The predicted molar refractivity (Wildman–Crippen MR) is 184 cm³/mol. The van der Waals surface area contributed by atoms with Gasteiger partial charge in [-0.2, -0.15) is 0 Å². The van der Waals surface area contributed by atoms with Gasteiger partial charge in [-0.3, -0.25) is 4.79 Å². The Hall–Kier alpha value is -5.74. The van der Waals surface area contributed by atoms with Crippen LogP contribution in [0.3, 0.4) is 0 Å². The Kier molecular flexibility index (Phi) is 10.5. The van der Waals surface area contributed by atoms with E-state index in [1.807, 2.05) is 115 Å². The Bertz CT molecular complexity index is 1820. The van der Waals surface area contributed by atoms with Crippen molar-refractivity contribution in [2.24, 2.45) is 0 Å². The summed E-state index contributed by atoms with van der Waals surface area (Å²) in [4.78, 5) is 49.3. The largest absolute Gasteiger partial charge is 0.489 e. The minimum absolute atomic E-state index is 0.0273. The molecular weight excluding hydrogens is 618 g/mol. The van der Waals surface area contributed by atoms with Gasteiger partial charge >= 0.3 is 12.0 Å². The van der Waals surface area contributed by atoms with Crippen molar-refractivity contribution in [1.82, 2.24) is 20.3 Å². The monoisotopic (exact) mass is 658 g/mol. The van der Waals surface area contributed by atoms with E-state index in [-0.39, 0.29) is 31.3 Å². The molecule has 1 aliphatic heterocycles. The molecule has 0 aliphatic carbocycles. The lowest BCUT2D eigenvalue weighted by molar-refractivity contribution is -0.989. The van der Waals surface area contributed by atoms with Crippen molar-refractivity contribution < 1.29 is 28.4 Å². The summed E-state index contributed by atoms with van der Waals surface area (Å²) in [6.07, 6.45) is 3.50. The highest BCUT2D eigenvalue weighted by atomic mass is 16.6. The van der Waals surface area contributed by atoms with E-state index in [1.165, 1.54) is 11.3 Å². The lowest BCUT2D eigenvalue weighted by Crippen LogP contribution is -2.85. The Balaban J connectivity index is 1.24. The second kappa shape index (κ2) is 15.4. The van der Waals surface area contributed by atoms with Crippen LogP contribution in [0.1, 0.15) is 27.9 Å². The van der Waals surface area contributed by atoms with E-state index in [4.69, 9.17) is 9.47 Å². The second-order valence-electron chi connectivity index (χ2n) is 12.2. The van der Waals surface area contributed by atoms with Gasteiger partial charge in [0.25, 0.3) is 5.91 Å². The van der Waals surface area contributed by atoms with E-state index in [2.05, 4.69) is 15.3 Å². The highest BCUT2D eigenvalue weighted by Gasteiger charge is 2.68. The van der Waals surface area contributed by atoms with Crippen molar-refractivity contribution in [1.29, 1.82) is 0 Å². The topological polar surface area (TPSA) is 114 Å². The van der Waals surface area contributed by atoms with Crippen LogP contribution in [0.25, 0.3) is 0 Å². The molecule has 4 aromatic carbocycles. The van der Waals surface area contributed by atoms with Gasteiger partial charge in [0.15, 0.2) is 0 Å². The zero-order valence-corrected chi connectivity index (χ0v) is 27.4. The van der Waals surface area contributed by atoms with E-state index < -0.39 is 22.8 Å². The molecule has 1 saturated heterocycles. The SMILES string of the molecule is C[N+]1(C(Cc2ccc(OCc3ccccc3)cc2)C(=O)NCCc2ccccc2)C(=O)[C@H](Cc2cnc[nH]2)N1C(=O)OCc1ccccc1. The number of benzene rings is 4. The predicted octanol–water partition coefficient (Wildman–Crippen LogP) is 5.41. The fourth-order valence-electron chi connectivity index (χ4n) is 6.19. The molecule has 0 bridgehead atoms. The summed E-state index contributed by atoms with van der Waals surface area (Å²) < 4.78 is 11.2. The molecule has 2 unspecified atom stereocenters. The van der Waals surface area contributed by atoms with Crippen LogP contribution in [0.4, 0.5) is 4.79 Å². The van der Waals surface area contributed by atoms with Crippen LogP contribution in [0, 0.1) is 0 Å². The molecule has 1 aliphatic rings. The van der Waals surface area contributed by atoms with E-state index in [0.717, 1.165) is 22.3 Å². The molecule has 0 spiro atoms. The quantitative estimate of drug-likeness (QED) is 0.154. The van der Waals surface area contributed by atoms with Gasteiger partial charge in [0, 0.05) is 31.3 Å². The average molecular weight is 659 g/mol. The molecule has 250 valence electrons. The van der Waals surface area contributed by atoms with Gasteiger partial charge in [-0.1, -0.05) is 103 Å². The fourth-order valence-corrected chi connectivity index (χ4v) is 6.19. The zero-order chi connectivity index (χ0) is 34.1. The fraction of sp³-hybridized carbons (Fsp3) is 0.231. The highest BCUT2D eigenvalue weighted by Crippen LogP contribution is 2.36. The van der Waals surface area contributed by atoms with Crippen LogP contribution in [0.2, 0.25) is 0 Å². The zero-order valence-electron chi connectivity index (χ0n) is 27.4. The summed E-state index contributed by atoms with van der Waals surface area (Å²) in [7, 11) is 1.62. The number of nitrogens with zero attached hydrogens (tertiary/aromatic N) is 3. The number of amides is 3. The Morgan fingerprint density at radius 1 is 0.837 bits per heavy atom. The molecule has 3 amide bonds. The first-order valence-corrected chi connectivity index (χ1v) is 16.4. The lowest BCUT2D eigenvalue weighted by Gasteiger charge is -2.54. The number of H-pyrrole nitrogens is 1. The molecule has 1 aromatic heterocycles. The number of hydrogen-bond acceptors (Lipinski definition) is 6. The van der Waals surface area contributed by atoms with Gasteiger partial charge in [-0.05, 0) is 40.8 Å². The van der Waals surface area contributed by atoms with Gasteiger partial charge in [-0.25, -0.2) is 14.6 Å². The van der Waals surface area contributed by atoms with Crippen LogP contribution >= 0.6 is 0 Å². The number of aromatic nitrogens is 2. The third kappa shape index (κ3) is 7.88. The molecule has 2 N–H and O–H groups in total. The van der Waals surface area contributed by atoms with Gasteiger partial charge in [0.05, 0.1) is 13.4 Å². The number of likely N-dealkylation sites (N-methyl/N-ethyl adjacent to an activating group) is 1. The van der Waals surface area contributed by atoms with Gasteiger partial charge in [0.1, 0.15) is 19.0 Å². The summed E-state index contributed by atoms with van der Waals surface area (Å²) in [5.74, 6) is 0.0805. The Morgan fingerprint density at radius 3 is 2.06 bits per heavy atom. The molecule has 1 fully saturated rings. The van der Waals surface area contributed by atoms with Crippen molar-refractivity contribution in [3.63, 3.8) is 0 Å². The molecule has 3 atom stereocenters. The summed E-state index contributed by atoms with van der Waals surface area (Å²) >= 11 is 0. The maximum atomic E-state index is 14.2. The van der Waals surface area contributed by atoms with E-state index in [9.17, 15) is 14.4 Å². The first-order chi connectivity index (χ1) is 23.9. The standard InChI is InChI=1S/C39H39N5O5/c1-44(38(46)35(24-33-25-40-28-42-33)43(44)39(47)49-27-32-15-9-4-10-16-32)36(37(45)41-22-21-29-11-5-2-6-12-29)23-30-17-19-34(20-18-30)48-26-31-13-7-3-8-14-31/h2-20,25,28,35-36H,21-24,26-27H2,1H3,(H-,40,41,42,45)/p+1/t35-,36?,44?/m0/s1. The van der Waals surface area contributed by atoms with Crippen LogP contribution in [-0.2, 0) is 46.8 Å². The first-order valence-electron chi connectivity index (χ1n) is 16.4. The smallest absolute Gasteiger partial charge is 0.456 e. The number of hydrogen-bond donors (Lipinski definition) is 2. The molecular formula is C39H40N5O5+. The summed E-state index contributed by atoms with van der Waals surface area (Å²) in [5.41, 5.74) is 4.46. The van der Waals surface area contributed by atoms with Crippen molar-refractivity contribution >= 4 is 17.9 Å². The number of imidazole rings is 1. The number of carbonyl (C=O) groups is 3. The van der Waals surface area contributed by atoms with Crippen LogP contribution in [0.15, 0.2) is 128 Å². The molecule has 10 heteroatoms. The van der Waals surface area contributed by atoms with Crippen molar-refractivity contribution in [2.45, 2.75) is 44.6 Å². The molecule has 49 heavy (non-hydrogen) atoms. The van der Waals surface area contributed by atoms with E-state index in [0.29, 0.717) is 31.0 Å². The van der Waals surface area contributed by atoms with Crippen molar-refractivity contribution in [3.8, 4) is 5.75 Å². The molecule has 6 rings (SSSR count). The maximum Gasteiger partial charge on any atom is 0.456 e. The third-order valence-electron chi connectivity index (χ3n) is 8.90. The maximum absolute atomic E-state index is 14.2. The summed E-state index contributed by atoms with van der Waals surface area (Å²) in [6.45, 7) is 0.823. The van der Waals surface area contributed by atoms with Gasteiger partial charge in [-0.15, -0.1) is 9.60 Å². The van der Waals surface area contributed by atoms with Crippen molar-refractivity contribution in [2.75, 3.05) is 13.6 Å². The third-order valence-corrected chi connectivity index (χ3v) is 8.90. The minimum atomic E-state index is -0.957. The highest BCUT2D eigenvalue weighted by molar-refractivity contribution is 5.91. The molecule has 0 saturated carbocycles. The van der Waals surface area contributed by atoms with Crippen molar-refractivity contribution in [3.05, 3.63) is 156 Å². The normalized spacial score (nSPS) is 17.5. The van der Waals surface area contributed by atoms with Crippen LogP contribution < -0.4 is 10.1 Å². The number of ether oxygens (including phenoxy) is 2. The number of nitrogens with one attached hydrogen (secondary N) is 2.